The van der Waals surface area contributed by atoms with Crippen molar-refractivity contribution in [3.63, 3.8) is 0 Å². The molecule has 1 aromatic heterocycles. The first kappa shape index (κ1) is 15.2. The summed E-state index contributed by atoms with van der Waals surface area (Å²) >= 11 is 0. The summed E-state index contributed by atoms with van der Waals surface area (Å²) in [4.78, 5) is 4.12. The minimum Gasteiger partial charge on any atom is -0.475 e. The molecule has 1 N–H and O–H groups in total. The van der Waals surface area contributed by atoms with Crippen LogP contribution < -0.4 is 10.1 Å². The Morgan fingerprint density at radius 1 is 1.10 bits per heavy atom. The van der Waals surface area contributed by atoms with Crippen molar-refractivity contribution in [2.75, 3.05) is 25.6 Å². The van der Waals surface area contributed by atoms with Gasteiger partial charge in [-0.25, -0.2) is 13.8 Å². The number of benzene rings is 1. The molecule has 6 heteroatoms. The molecule has 21 heavy (non-hydrogen) atoms. The molecule has 0 saturated carbocycles. The highest BCUT2D eigenvalue weighted by Crippen LogP contribution is 2.14. The van der Waals surface area contributed by atoms with Gasteiger partial charge in [-0.15, -0.1) is 0 Å². The lowest BCUT2D eigenvalue weighted by Crippen LogP contribution is -2.05. The Labute approximate surface area is 121 Å². The summed E-state index contributed by atoms with van der Waals surface area (Å²) in [5, 5.41) is 3.07. The van der Waals surface area contributed by atoms with Gasteiger partial charge in [0.05, 0.1) is 18.5 Å². The number of methoxy groups -OCH3 is 1. The van der Waals surface area contributed by atoms with Crippen LogP contribution in [0.5, 0.6) is 5.88 Å². The molecule has 2 rings (SSSR count). The molecule has 0 aliphatic carbocycles. The maximum absolute atomic E-state index is 13.1. The Morgan fingerprint density at radius 3 is 2.62 bits per heavy atom. The van der Waals surface area contributed by atoms with Gasteiger partial charge in [-0.05, 0) is 23.8 Å². The number of hydrogen-bond donors (Lipinski definition) is 1. The summed E-state index contributed by atoms with van der Waals surface area (Å²) in [6.07, 6.45) is 1.61. The Balaban J connectivity index is 1.86. The molecule has 0 bridgehead atoms. The van der Waals surface area contributed by atoms with Gasteiger partial charge in [-0.3, -0.25) is 0 Å². The van der Waals surface area contributed by atoms with Crippen molar-refractivity contribution >= 4 is 5.69 Å². The van der Waals surface area contributed by atoms with Gasteiger partial charge < -0.3 is 14.8 Å². The molecule has 0 amide bonds. The fourth-order valence-electron chi connectivity index (χ4n) is 1.65. The number of nitrogens with one attached hydrogen (secondary N) is 1. The van der Waals surface area contributed by atoms with E-state index < -0.39 is 11.6 Å². The number of aromatic nitrogens is 1. The quantitative estimate of drug-likeness (QED) is 0.797. The average molecular weight is 294 g/mol. The predicted octanol–water partition coefficient (Wildman–Crippen LogP) is 3.00. The molecule has 112 valence electrons. The van der Waals surface area contributed by atoms with E-state index in [4.69, 9.17) is 9.47 Å². The summed E-state index contributed by atoms with van der Waals surface area (Å²) in [6.45, 7) is 1.31. The number of pyridine rings is 1. The van der Waals surface area contributed by atoms with E-state index in [0.29, 0.717) is 31.2 Å². The minimum atomic E-state index is -0.852. The van der Waals surface area contributed by atoms with E-state index >= 15 is 0 Å². The molecular formula is C15H16F2N2O2. The first-order valence-corrected chi connectivity index (χ1v) is 6.44. The van der Waals surface area contributed by atoms with Gasteiger partial charge in [-0.2, -0.15) is 0 Å². The summed E-state index contributed by atoms with van der Waals surface area (Å²) in [5.74, 6) is -1.20. The molecule has 0 fully saturated rings. The van der Waals surface area contributed by atoms with Crippen LogP contribution in [0.15, 0.2) is 36.5 Å². The van der Waals surface area contributed by atoms with Gasteiger partial charge >= 0.3 is 0 Å². The number of rotatable bonds is 7. The standard InChI is InChI=1S/C15H16F2N2O2/c1-20-6-7-21-15-5-3-12(10-19-15)18-9-11-2-4-13(16)14(17)8-11/h2-5,8,10,18H,6-7,9H2,1H3. The predicted molar refractivity (Wildman–Crippen MR) is 75.3 cm³/mol. The molecule has 0 aliphatic heterocycles. The van der Waals surface area contributed by atoms with Crippen LogP contribution in [0.3, 0.4) is 0 Å². The van der Waals surface area contributed by atoms with Gasteiger partial charge in [-0.1, -0.05) is 6.07 Å². The minimum absolute atomic E-state index is 0.378. The second-order valence-electron chi connectivity index (χ2n) is 4.33. The lowest BCUT2D eigenvalue weighted by molar-refractivity contribution is 0.144. The van der Waals surface area contributed by atoms with Crippen molar-refractivity contribution in [3.05, 3.63) is 53.7 Å². The van der Waals surface area contributed by atoms with Crippen LogP contribution in [-0.2, 0) is 11.3 Å². The molecular weight excluding hydrogens is 278 g/mol. The third kappa shape index (κ3) is 4.68. The average Bonchev–Trinajstić information content (AvgIpc) is 2.50. The van der Waals surface area contributed by atoms with Crippen molar-refractivity contribution in [1.29, 1.82) is 0 Å². The van der Waals surface area contributed by atoms with Crippen LogP contribution in [0.1, 0.15) is 5.56 Å². The lowest BCUT2D eigenvalue weighted by Gasteiger charge is -2.08. The van der Waals surface area contributed by atoms with E-state index in [1.165, 1.54) is 6.07 Å². The summed E-state index contributed by atoms with van der Waals surface area (Å²) in [5.41, 5.74) is 1.41. The number of hydrogen-bond acceptors (Lipinski definition) is 4. The van der Waals surface area contributed by atoms with Crippen molar-refractivity contribution in [2.45, 2.75) is 6.54 Å². The molecule has 0 aliphatic rings. The number of ether oxygens (including phenoxy) is 2. The normalized spacial score (nSPS) is 10.4. The van der Waals surface area contributed by atoms with Crippen LogP contribution in [-0.4, -0.2) is 25.3 Å². The highest BCUT2D eigenvalue weighted by atomic mass is 19.2. The van der Waals surface area contributed by atoms with E-state index in [1.54, 1.807) is 25.4 Å². The Morgan fingerprint density at radius 2 is 1.95 bits per heavy atom. The molecule has 4 nitrogen and oxygen atoms in total. The van der Waals surface area contributed by atoms with E-state index in [-0.39, 0.29) is 0 Å². The van der Waals surface area contributed by atoms with E-state index in [1.807, 2.05) is 0 Å². The van der Waals surface area contributed by atoms with Crippen molar-refractivity contribution in [2.24, 2.45) is 0 Å². The van der Waals surface area contributed by atoms with Gasteiger partial charge in [0, 0.05) is 19.7 Å². The van der Waals surface area contributed by atoms with Crippen LogP contribution in [0, 0.1) is 11.6 Å². The topological polar surface area (TPSA) is 43.4 Å². The summed E-state index contributed by atoms with van der Waals surface area (Å²) < 4.78 is 36.1. The molecule has 0 atom stereocenters. The Bertz CT molecular complexity index is 576. The third-order valence-corrected chi connectivity index (χ3v) is 2.75. The zero-order valence-electron chi connectivity index (χ0n) is 11.6. The van der Waals surface area contributed by atoms with E-state index in [9.17, 15) is 8.78 Å². The molecule has 1 aromatic carbocycles. The Hall–Kier alpha value is -2.21. The summed E-state index contributed by atoms with van der Waals surface area (Å²) in [6, 6.07) is 7.33. The number of nitrogens with zero attached hydrogens (tertiary/aromatic N) is 1. The molecule has 2 aromatic rings. The number of anilines is 1. The highest BCUT2D eigenvalue weighted by molar-refractivity contribution is 5.42. The van der Waals surface area contributed by atoms with Gasteiger partial charge in [0.2, 0.25) is 5.88 Å². The second-order valence-corrected chi connectivity index (χ2v) is 4.33. The number of halogens is 2. The smallest absolute Gasteiger partial charge is 0.213 e. The zero-order valence-corrected chi connectivity index (χ0v) is 11.6. The highest BCUT2D eigenvalue weighted by Gasteiger charge is 2.03. The molecule has 0 radical (unpaired) electrons. The Kier molecular flexibility index (Phi) is 5.45. The largest absolute Gasteiger partial charge is 0.475 e. The molecule has 0 unspecified atom stereocenters. The fourth-order valence-corrected chi connectivity index (χ4v) is 1.65. The first-order chi connectivity index (χ1) is 10.2. The fraction of sp³-hybridized carbons (Fsp3) is 0.267. The van der Waals surface area contributed by atoms with Gasteiger partial charge in [0.15, 0.2) is 11.6 Å². The van der Waals surface area contributed by atoms with E-state index in [0.717, 1.165) is 17.8 Å². The van der Waals surface area contributed by atoms with Crippen molar-refractivity contribution < 1.29 is 18.3 Å². The third-order valence-electron chi connectivity index (χ3n) is 2.75. The maximum atomic E-state index is 13.1. The van der Waals surface area contributed by atoms with Gasteiger partial charge in [0.1, 0.15) is 6.61 Å². The first-order valence-electron chi connectivity index (χ1n) is 6.44. The van der Waals surface area contributed by atoms with Crippen LogP contribution in [0.25, 0.3) is 0 Å². The molecule has 1 heterocycles. The van der Waals surface area contributed by atoms with Gasteiger partial charge in [0.25, 0.3) is 0 Å². The zero-order chi connectivity index (χ0) is 15.1. The second kappa shape index (κ2) is 7.54. The van der Waals surface area contributed by atoms with E-state index in [2.05, 4.69) is 10.3 Å². The van der Waals surface area contributed by atoms with Crippen molar-refractivity contribution in [1.82, 2.24) is 4.98 Å². The van der Waals surface area contributed by atoms with Crippen LogP contribution in [0.4, 0.5) is 14.5 Å². The van der Waals surface area contributed by atoms with Crippen molar-refractivity contribution in [3.8, 4) is 5.88 Å². The lowest BCUT2D eigenvalue weighted by atomic mass is 10.2. The van der Waals surface area contributed by atoms with Crippen LogP contribution >= 0.6 is 0 Å². The monoisotopic (exact) mass is 294 g/mol. The molecule has 0 saturated heterocycles. The SMILES string of the molecule is COCCOc1ccc(NCc2ccc(F)c(F)c2)cn1. The summed E-state index contributed by atoms with van der Waals surface area (Å²) in [7, 11) is 1.60. The van der Waals surface area contributed by atoms with Crippen LogP contribution in [0.2, 0.25) is 0 Å². The molecule has 0 spiro atoms. The maximum Gasteiger partial charge on any atom is 0.213 e.